The third kappa shape index (κ3) is 2.30. The first kappa shape index (κ1) is 12.4. The van der Waals surface area contributed by atoms with Crippen molar-refractivity contribution in [2.45, 2.75) is 25.8 Å². The van der Waals surface area contributed by atoms with Gasteiger partial charge in [0.05, 0.1) is 11.8 Å². The minimum absolute atomic E-state index is 0.657. The average Bonchev–Trinajstić information content (AvgIpc) is 2.82. The number of pyridine rings is 1. The van der Waals surface area contributed by atoms with Gasteiger partial charge in [-0.15, -0.1) is 0 Å². The molecule has 1 aliphatic rings. The van der Waals surface area contributed by atoms with Gasteiger partial charge in [-0.25, -0.2) is 9.97 Å². The maximum absolute atomic E-state index is 4.54. The number of nitrogens with zero attached hydrogens (tertiary/aromatic N) is 4. The van der Waals surface area contributed by atoms with Crippen molar-refractivity contribution in [1.82, 2.24) is 19.9 Å². The Bertz CT molecular complexity index is 554. The molecule has 0 aromatic carbocycles. The van der Waals surface area contributed by atoms with E-state index in [2.05, 4.69) is 27.1 Å². The largest absolute Gasteiger partial charge is 0.355 e. The van der Waals surface area contributed by atoms with E-state index in [1.807, 2.05) is 30.2 Å². The molecule has 0 atom stereocenters. The lowest BCUT2D eigenvalue weighted by molar-refractivity contribution is 0.423. The number of anilines is 1. The zero-order valence-corrected chi connectivity index (χ0v) is 11.6. The van der Waals surface area contributed by atoms with E-state index in [4.69, 9.17) is 0 Å². The van der Waals surface area contributed by atoms with Crippen LogP contribution in [0.25, 0.3) is 11.0 Å². The van der Waals surface area contributed by atoms with Crippen LogP contribution in [0.2, 0.25) is 0 Å². The van der Waals surface area contributed by atoms with Gasteiger partial charge in [-0.2, -0.15) is 0 Å². The van der Waals surface area contributed by atoms with Crippen LogP contribution in [0.1, 0.15) is 19.8 Å². The molecule has 1 saturated heterocycles. The molecule has 0 bridgehead atoms. The predicted octanol–water partition coefficient (Wildman–Crippen LogP) is 1.55. The van der Waals surface area contributed by atoms with Crippen molar-refractivity contribution in [2.24, 2.45) is 7.05 Å². The molecule has 1 fully saturated rings. The quantitative estimate of drug-likeness (QED) is 0.908. The van der Waals surface area contributed by atoms with Crippen LogP contribution in [0.4, 0.5) is 5.82 Å². The number of aromatic nitrogens is 3. The molecule has 2 aromatic heterocycles. The number of piperidine rings is 1. The predicted molar refractivity (Wildman–Crippen MR) is 77.4 cm³/mol. The summed E-state index contributed by atoms with van der Waals surface area (Å²) in [5.74, 6) is 1.04. The van der Waals surface area contributed by atoms with Crippen LogP contribution in [0.3, 0.4) is 0 Å². The first-order chi connectivity index (χ1) is 9.29. The number of fused-ring (bicyclic) bond motifs is 1. The molecule has 0 unspecified atom stereocenters. The van der Waals surface area contributed by atoms with Crippen LogP contribution < -0.4 is 10.2 Å². The smallest absolute Gasteiger partial charge is 0.156 e. The maximum atomic E-state index is 4.54. The third-order valence-corrected chi connectivity index (χ3v) is 3.91. The molecule has 1 N–H and O–H groups in total. The molecule has 5 heteroatoms. The van der Waals surface area contributed by atoms with Crippen molar-refractivity contribution >= 4 is 16.9 Å². The van der Waals surface area contributed by atoms with E-state index < -0.39 is 0 Å². The third-order valence-electron chi connectivity index (χ3n) is 3.91. The minimum atomic E-state index is 0.657. The highest BCUT2D eigenvalue weighted by Gasteiger charge is 2.21. The molecule has 0 aliphatic carbocycles. The monoisotopic (exact) mass is 259 g/mol. The normalized spacial score (nSPS) is 17.3. The van der Waals surface area contributed by atoms with E-state index in [0.717, 1.165) is 36.5 Å². The summed E-state index contributed by atoms with van der Waals surface area (Å²) in [7, 11) is 2.02. The topological polar surface area (TPSA) is 46.0 Å². The molecular weight excluding hydrogens is 238 g/mol. The van der Waals surface area contributed by atoms with E-state index in [0.29, 0.717) is 6.04 Å². The second-order valence-corrected chi connectivity index (χ2v) is 5.18. The van der Waals surface area contributed by atoms with Gasteiger partial charge in [-0.1, -0.05) is 6.92 Å². The van der Waals surface area contributed by atoms with Gasteiger partial charge >= 0.3 is 0 Å². The zero-order valence-electron chi connectivity index (χ0n) is 11.6. The molecule has 102 valence electrons. The van der Waals surface area contributed by atoms with Crippen molar-refractivity contribution in [2.75, 3.05) is 24.5 Å². The summed E-state index contributed by atoms with van der Waals surface area (Å²) in [6.07, 6.45) is 6.11. The molecule has 2 aromatic rings. The van der Waals surface area contributed by atoms with Crippen LogP contribution >= 0.6 is 0 Å². The van der Waals surface area contributed by atoms with Crippen LogP contribution in [-0.2, 0) is 7.05 Å². The van der Waals surface area contributed by atoms with E-state index in [-0.39, 0.29) is 0 Å². The van der Waals surface area contributed by atoms with Crippen LogP contribution in [0, 0.1) is 0 Å². The van der Waals surface area contributed by atoms with Crippen molar-refractivity contribution in [1.29, 1.82) is 0 Å². The maximum Gasteiger partial charge on any atom is 0.156 e. The second-order valence-electron chi connectivity index (χ2n) is 5.18. The highest BCUT2D eigenvalue weighted by atomic mass is 15.2. The molecule has 3 heterocycles. The van der Waals surface area contributed by atoms with Crippen molar-refractivity contribution in [3.05, 3.63) is 18.6 Å². The fraction of sp³-hybridized carbons (Fsp3) is 0.571. The Kier molecular flexibility index (Phi) is 3.38. The Labute approximate surface area is 113 Å². The van der Waals surface area contributed by atoms with E-state index in [9.17, 15) is 0 Å². The molecule has 1 aliphatic heterocycles. The van der Waals surface area contributed by atoms with Crippen molar-refractivity contribution < 1.29 is 0 Å². The van der Waals surface area contributed by atoms with Crippen LogP contribution in [-0.4, -0.2) is 40.2 Å². The van der Waals surface area contributed by atoms with Crippen LogP contribution in [0.15, 0.2) is 18.6 Å². The van der Waals surface area contributed by atoms with Gasteiger partial charge in [0.15, 0.2) is 5.82 Å². The lowest BCUT2D eigenvalue weighted by Crippen LogP contribution is -2.42. The second kappa shape index (κ2) is 5.17. The summed E-state index contributed by atoms with van der Waals surface area (Å²) in [5, 5.41) is 3.53. The molecule has 3 rings (SSSR count). The number of imidazole rings is 1. The van der Waals surface area contributed by atoms with Gasteiger partial charge in [0.1, 0.15) is 5.52 Å². The zero-order chi connectivity index (χ0) is 13.2. The molecule has 5 nitrogen and oxygen atoms in total. The van der Waals surface area contributed by atoms with Crippen LogP contribution in [0.5, 0.6) is 0 Å². The van der Waals surface area contributed by atoms with E-state index in [1.54, 1.807) is 0 Å². The fourth-order valence-corrected chi connectivity index (χ4v) is 2.86. The highest BCUT2D eigenvalue weighted by Crippen LogP contribution is 2.25. The van der Waals surface area contributed by atoms with Gasteiger partial charge < -0.3 is 14.8 Å². The van der Waals surface area contributed by atoms with Gasteiger partial charge in [0.25, 0.3) is 0 Å². The summed E-state index contributed by atoms with van der Waals surface area (Å²) in [5.41, 5.74) is 2.17. The average molecular weight is 259 g/mol. The van der Waals surface area contributed by atoms with Crippen molar-refractivity contribution in [3.8, 4) is 0 Å². The summed E-state index contributed by atoms with van der Waals surface area (Å²) < 4.78 is 2.05. The Morgan fingerprint density at radius 3 is 2.84 bits per heavy atom. The summed E-state index contributed by atoms with van der Waals surface area (Å²) >= 11 is 0. The van der Waals surface area contributed by atoms with Gasteiger partial charge in [0.2, 0.25) is 0 Å². The lowest BCUT2D eigenvalue weighted by Gasteiger charge is -2.33. The molecule has 0 saturated carbocycles. The number of hydrogen-bond donors (Lipinski definition) is 1. The molecular formula is C14H21N5. The van der Waals surface area contributed by atoms with Crippen molar-refractivity contribution in [3.63, 3.8) is 0 Å². The number of nitrogens with one attached hydrogen (secondary N) is 1. The first-order valence-corrected chi connectivity index (χ1v) is 7.04. The molecule has 0 amide bonds. The fourth-order valence-electron chi connectivity index (χ4n) is 2.86. The van der Waals surface area contributed by atoms with Gasteiger partial charge in [0, 0.05) is 32.4 Å². The number of rotatable bonds is 3. The molecule has 0 spiro atoms. The van der Waals surface area contributed by atoms with Gasteiger partial charge in [-0.3, -0.25) is 0 Å². The number of aryl methyl sites for hydroxylation is 1. The Morgan fingerprint density at radius 2 is 2.11 bits per heavy atom. The minimum Gasteiger partial charge on any atom is -0.355 e. The standard InChI is InChI=1S/C14H21N5/c1-3-15-11-5-8-19(9-6-11)14-13-12(4-7-16-14)18(2)10-17-13/h4,7,10-11,15H,3,5-6,8-9H2,1-2H3. The lowest BCUT2D eigenvalue weighted by atomic mass is 10.1. The van der Waals surface area contributed by atoms with E-state index >= 15 is 0 Å². The molecule has 0 radical (unpaired) electrons. The Hall–Kier alpha value is -1.62. The summed E-state index contributed by atoms with van der Waals surface area (Å²) in [6, 6.07) is 2.68. The summed E-state index contributed by atoms with van der Waals surface area (Å²) in [6.45, 7) is 5.34. The highest BCUT2D eigenvalue weighted by molar-refractivity contribution is 5.86. The Balaban J connectivity index is 1.82. The molecule has 19 heavy (non-hydrogen) atoms. The number of hydrogen-bond acceptors (Lipinski definition) is 4. The SMILES string of the molecule is CCNC1CCN(c2nccc3c2ncn3C)CC1. The summed E-state index contributed by atoms with van der Waals surface area (Å²) in [4.78, 5) is 11.4. The Morgan fingerprint density at radius 1 is 1.32 bits per heavy atom. The van der Waals surface area contributed by atoms with Gasteiger partial charge in [-0.05, 0) is 25.5 Å². The first-order valence-electron chi connectivity index (χ1n) is 7.04. The van der Waals surface area contributed by atoms with E-state index in [1.165, 1.54) is 12.8 Å².